The summed E-state index contributed by atoms with van der Waals surface area (Å²) >= 11 is 1.77. The van der Waals surface area contributed by atoms with Gasteiger partial charge in [0.2, 0.25) is 0 Å². The molecule has 0 fully saturated rings. The molecule has 0 heterocycles. The molecule has 0 amide bonds. The number of hydrogen-bond acceptors (Lipinski definition) is 2. The van der Waals surface area contributed by atoms with Crippen molar-refractivity contribution in [2.24, 2.45) is 5.92 Å². The van der Waals surface area contributed by atoms with Gasteiger partial charge in [0, 0.05) is 0 Å². The SMILES string of the molecule is CCC(C#N)SCC(C)C. The lowest BCUT2D eigenvalue weighted by Crippen LogP contribution is -2.00. The van der Waals surface area contributed by atoms with Crippen LogP contribution in [0.3, 0.4) is 0 Å². The fraction of sp³-hybridized carbons (Fsp3) is 0.875. The number of thioether (sulfide) groups is 1. The molecule has 1 unspecified atom stereocenters. The fourth-order valence-corrected chi connectivity index (χ4v) is 1.48. The van der Waals surface area contributed by atoms with E-state index in [-0.39, 0.29) is 5.25 Å². The number of nitrogens with zero attached hydrogens (tertiary/aromatic N) is 1. The van der Waals surface area contributed by atoms with E-state index in [1.54, 1.807) is 11.8 Å². The molecule has 10 heavy (non-hydrogen) atoms. The Morgan fingerprint density at radius 3 is 2.40 bits per heavy atom. The number of rotatable bonds is 4. The first-order chi connectivity index (χ1) is 4.70. The van der Waals surface area contributed by atoms with Gasteiger partial charge in [-0.25, -0.2) is 0 Å². The van der Waals surface area contributed by atoms with E-state index in [2.05, 4.69) is 26.8 Å². The van der Waals surface area contributed by atoms with Gasteiger partial charge in [0.1, 0.15) is 0 Å². The summed E-state index contributed by atoms with van der Waals surface area (Å²) in [7, 11) is 0. The predicted molar refractivity (Wildman–Crippen MR) is 47.0 cm³/mol. The first-order valence-electron chi connectivity index (χ1n) is 3.71. The molecule has 0 rings (SSSR count). The zero-order valence-corrected chi connectivity index (χ0v) is 7.74. The van der Waals surface area contributed by atoms with Gasteiger partial charge >= 0.3 is 0 Å². The summed E-state index contributed by atoms with van der Waals surface area (Å²) in [6.45, 7) is 6.41. The maximum Gasteiger partial charge on any atom is 0.0914 e. The van der Waals surface area contributed by atoms with E-state index >= 15 is 0 Å². The minimum Gasteiger partial charge on any atom is -0.197 e. The van der Waals surface area contributed by atoms with Crippen LogP contribution in [0.15, 0.2) is 0 Å². The van der Waals surface area contributed by atoms with Gasteiger partial charge in [-0.05, 0) is 18.1 Å². The Bertz CT molecular complexity index is 115. The highest BCUT2D eigenvalue weighted by molar-refractivity contribution is 8.00. The van der Waals surface area contributed by atoms with Crippen molar-refractivity contribution in [2.45, 2.75) is 32.4 Å². The fourth-order valence-electron chi connectivity index (χ4n) is 0.555. The van der Waals surface area contributed by atoms with E-state index in [0.29, 0.717) is 5.92 Å². The first kappa shape index (κ1) is 9.84. The average Bonchev–Trinajstić information content (AvgIpc) is 1.90. The Kier molecular flexibility index (Phi) is 5.52. The molecule has 0 aliphatic heterocycles. The minimum atomic E-state index is 0.211. The molecule has 0 saturated carbocycles. The van der Waals surface area contributed by atoms with E-state index in [9.17, 15) is 0 Å². The summed E-state index contributed by atoms with van der Waals surface area (Å²) in [5.41, 5.74) is 0. The van der Waals surface area contributed by atoms with Crippen LogP contribution < -0.4 is 0 Å². The molecule has 1 nitrogen and oxygen atoms in total. The number of nitriles is 1. The summed E-state index contributed by atoms with van der Waals surface area (Å²) in [4.78, 5) is 0. The van der Waals surface area contributed by atoms with Gasteiger partial charge in [0.05, 0.1) is 11.3 Å². The van der Waals surface area contributed by atoms with E-state index in [4.69, 9.17) is 5.26 Å². The molecule has 58 valence electrons. The molecule has 0 saturated heterocycles. The predicted octanol–water partition coefficient (Wildman–Crippen LogP) is 2.68. The van der Waals surface area contributed by atoms with Crippen LogP contribution in [-0.4, -0.2) is 11.0 Å². The Labute approximate surface area is 67.8 Å². The van der Waals surface area contributed by atoms with Gasteiger partial charge < -0.3 is 0 Å². The summed E-state index contributed by atoms with van der Waals surface area (Å²) in [6.07, 6.45) is 0.966. The highest BCUT2D eigenvalue weighted by Crippen LogP contribution is 2.16. The second-order valence-electron chi connectivity index (χ2n) is 2.75. The summed E-state index contributed by atoms with van der Waals surface area (Å²) in [6, 6.07) is 2.27. The summed E-state index contributed by atoms with van der Waals surface area (Å²) in [5.74, 6) is 1.80. The molecule has 0 bridgehead atoms. The third kappa shape index (κ3) is 4.69. The standard InChI is InChI=1S/C8H15NS/c1-4-8(5-9)10-6-7(2)3/h7-8H,4,6H2,1-3H3. The molecule has 0 aromatic carbocycles. The molecule has 2 heteroatoms. The van der Waals surface area contributed by atoms with Crippen molar-refractivity contribution >= 4 is 11.8 Å². The molecule has 0 aliphatic rings. The molecule has 0 aliphatic carbocycles. The molecular formula is C8H15NS. The molecule has 0 spiro atoms. The van der Waals surface area contributed by atoms with Crippen molar-refractivity contribution in [3.8, 4) is 6.07 Å². The topological polar surface area (TPSA) is 23.8 Å². The second kappa shape index (κ2) is 5.61. The van der Waals surface area contributed by atoms with E-state index < -0.39 is 0 Å². The average molecular weight is 157 g/mol. The van der Waals surface area contributed by atoms with Gasteiger partial charge in [0.15, 0.2) is 0 Å². The summed E-state index contributed by atoms with van der Waals surface area (Å²) < 4.78 is 0. The van der Waals surface area contributed by atoms with Crippen molar-refractivity contribution in [1.29, 1.82) is 5.26 Å². The Morgan fingerprint density at radius 2 is 2.10 bits per heavy atom. The van der Waals surface area contributed by atoms with Crippen LogP contribution in [0.5, 0.6) is 0 Å². The Hall–Kier alpha value is -0.160. The summed E-state index contributed by atoms with van der Waals surface area (Å²) in [5, 5.41) is 8.78. The van der Waals surface area contributed by atoms with Crippen molar-refractivity contribution in [3.05, 3.63) is 0 Å². The van der Waals surface area contributed by atoms with Crippen LogP contribution in [0, 0.1) is 17.2 Å². The quantitative estimate of drug-likeness (QED) is 0.626. The third-order valence-corrected chi connectivity index (χ3v) is 2.85. The Morgan fingerprint density at radius 1 is 1.50 bits per heavy atom. The normalized spacial score (nSPS) is 13.1. The minimum absolute atomic E-state index is 0.211. The molecular weight excluding hydrogens is 142 g/mol. The molecule has 0 aromatic rings. The van der Waals surface area contributed by atoms with Crippen molar-refractivity contribution in [2.75, 3.05) is 5.75 Å². The van der Waals surface area contributed by atoms with Gasteiger partial charge in [-0.15, -0.1) is 11.8 Å². The molecule has 0 radical (unpaired) electrons. The lowest BCUT2D eigenvalue weighted by atomic mass is 10.3. The van der Waals surface area contributed by atoms with Gasteiger partial charge in [-0.1, -0.05) is 20.8 Å². The van der Waals surface area contributed by atoms with Crippen molar-refractivity contribution < 1.29 is 0 Å². The van der Waals surface area contributed by atoms with E-state index in [0.717, 1.165) is 12.2 Å². The Balaban J connectivity index is 3.38. The molecule has 1 atom stereocenters. The van der Waals surface area contributed by atoms with Crippen LogP contribution in [-0.2, 0) is 0 Å². The van der Waals surface area contributed by atoms with Gasteiger partial charge in [0.25, 0.3) is 0 Å². The molecule has 0 aromatic heterocycles. The smallest absolute Gasteiger partial charge is 0.0914 e. The van der Waals surface area contributed by atoms with Crippen molar-refractivity contribution in [3.63, 3.8) is 0 Å². The van der Waals surface area contributed by atoms with Gasteiger partial charge in [-0.2, -0.15) is 5.26 Å². The van der Waals surface area contributed by atoms with Crippen LogP contribution in [0.2, 0.25) is 0 Å². The van der Waals surface area contributed by atoms with Crippen LogP contribution >= 0.6 is 11.8 Å². The van der Waals surface area contributed by atoms with Crippen LogP contribution in [0.1, 0.15) is 27.2 Å². The van der Waals surface area contributed by atoms with E-state index in [1.807, 2.05) is 0 Å². The van der Waals surface area contributed by atoms with Gasteiger partial charge in [-0.3, -0.25) is 0 Å². The monoisotopic (exact) mass is 157 g/mol. The highest BCUT2D eigenvalue weighted by Gasteiger charge is 2.04. The zero-order valence-electron chi connectivity index (χ0n) is 6.92. The van der Waals surface area contributed by atoms with Crippen molar-refractivity contribution in [1.82, 2.24) is 0 Å². The second-order valence-corrected chi connectivity index (χ2v) is 3.99. The maximum atomic E-state index is 8.57. The lowest BCUT2D eigenvalue weighted by Gasteiger charge is -2.06. The van der Waals surface area contributed by atoms with Crippen LogP contribution in [0.25, 0.3) is 0 Å². The molecule has 0 N–H and O–H groups in total. The number of hydrogen-bond donors (Lipinski definition) is 0. The zero-order chi connectivity index (χ0) is 7.98. The highest BCUT2D eigenvalue weighted by atomic mass is 32.2. The van der Waals surface area contributed by atoms with E-state index in [1.165, 1.54) is 0 Å². The third-order valence-electron chi connectivity index (χ3n) is 1.15. The maximum absolute atomic E-state index is 8.57. The largest absolute Gasteiger partial charge is 0.197 e. The lowest BCUT2D eigenvalue weighted by molar-refractivity contribution is 0.748. The van der Waals surface area contributed by atoms with Crippen LogP contribution in [0.4, 0.5) is 0 Å². The first-order valence-corrected chi connectivity index (χ1v) is 4.76.